The number of anilines is 1. The van der Waals surface area contributed by atoms with Crippen LogP contribution in [0.2, 0.25) is 0 Å². The summed E-state index contributed by atoms with van der Waals surface area (Å²) < 4.78 is 35.3. The van der Waals surface area contributed by atoms with Crippen LogP contribution in [0.25, 0.3) is 11.1 Å². The summed E-state index contributed by atoms with van der Waals surface area (Å²) in [5.74, 6) is 0.389. The first kappa shape index (κ1) is 15.3. The highest BCUT2D eigenvalue weighted by Crippen LogP contribution is 2.42. The van der Waals surface area contributed by atoms with Crippen molar-refractivity contribution in [2.24, 2.45) is 0 Å². The van der Waals surface area contributed by atoms with Crippen molar-refractivity contribution in [1.29, 1.82) is 0 Å². The number of fused-ring (bicyclic) bond motifs is 1. The Labute approximate surface area is 132 Å². The zero-order chi connectivity index (χ0) is 16.6. The van der Waals surface area contributed by atoms with E-state index in [1.165, 1.54) is 13.2 Å². The second kappa shape index (κ2) is 5.87. The van der Waals surface area contributed by atoms with Crippen molar-refractivity contribution < 1.29 is 23.0 Å². The lowest BCUT2D eigenvalue weighted by Crippen LogP contribution is -2.04. The SMILES string of the molecule is COc1cccc(OC(F)F)c1-c1cc(C)c2c(c1)CC(=O)N2. The van der Waals surface area contributed by atoms with Crippen LogP contribution < -0.4 is 14.8 Å². The molecule has 6 heteroatoms. The molecule has 120 valence electrons. The van der Waals surface area contributed by atoms with Gasteiger partial charge in [0.15, 0.2) is 0 Å². The molecule has 1 heterocycles. The third-order valence-electron chi connectivity index (χ3n) is 3.75. The first-order valence-corrected chi connectivity index (χ1v) is 7.05. The number of alkyl halides is 2. The summed E-state index contributed by atoms with van der Waals surface area (Å²) >= 11 is 0. The Morgan fingerprint density at radius 3 is 2.65 bits per heavy atom. The third kappa shape index (κ3) is 2.84. The Kier molecular flexibility index (Phi) is 3.90. The number of carbonyl (C=O) groups excluding carboxylic acids is 1. The summed E-state index contributed by atoms with van der Waals surface area (Å²) in [7, 11) is 1.47. The van der Waals surface area contributed by atoms with Gasteiger partial charge in [-0.15, -0.1) is 0 Å². The van der Waals surface area contributed by atoms with Crippen LogP contribution in [0, 0.1) is 6.92 Å². The maximum absolute atomic E-state index is 12.7. The van der Waals surface area contributed by atoms with E-state index in [9.17, 15) is 13.6 Å². The molecule has 1 amide bonds. The molecule has 0 aliphatic carbocycles. The Bertz CT molecular complexity index is 775. The Hall–Kier alpha value is -2.63. The lowest BCUT2D eigenvalue weighted by Gasteiger charge is -2.16. The number of nitrogens with one attached hydrogen (secondary N) is 1. The standard InChI is InChI=1S/C17H15F2NO3/c1-9-6-10(7-11-8-14(21)20-16(9)11)15-12(22-2)4-3-5-13(15)23-17(18)19/h3-7,17H,8H2,1-2H3,(H,20,21). The zero-order valence-electron chi connectivity index (χ0n) is 12.7. The van der Waals surface area contributed by atoms with E-state index in [1.54, 1.807) is 18.2 Å². The van der Waals surface area contributed by atoms with Gasteiger partial charge in [-0.1, -0.05) is 6.07 Å². The quantitative estimate of drug-likeness (QED) is 0.933. The maximum Gasteiger partial charge on any atom is 0.387 e. The molecule has 2 aromatic rings. The molecule has 1 N–H and O–H groups in total. The van der Waals surface area contributed by atoms with Gasteiger partial charge in [0.25, 0.3) is 0 Å². The van der Waals surface area contributed by atoms with Crippen molar-refractivity contribution in [2.75, 3.05) is 12.4 Å². The molecular weight excluding hydrogens is 304 g/mol. The van der Waals surface area contributed by atoms with Gasteiger partial charge in [-0.3, -0.25) is 4.79 Å². The molecule has 0 atom stereocenters. The number of benzene rings is 2. The van der Waals surface area contributed by atoms with Gasteiger partial charge in [-0.05, 0) is 47.9 Å². The van der Waals surface area contributed by atoms with Gasteiger partial charge in [-0.25, -0.2) is 0 Å². The van der Waals surface area contributed by atoms with Crippen molar-refractivity contribution in [3.05, 3.63) is 41.5 Å². The second-order valence-corrected chi connectivity index (χ2v) is 5.26. The molecule has 0 saturated carbocycles. The summed E-state index contributed by atoms with van der Waals surface area (Å²) in [6.07, 6.45) is 0.268. The normalized spacial score (nSPS) is 13.0. The molecule has 0 radical (unpaired) electrons. The molecule has 0 aromatic heterocycles. The van der Waals surface area contributed by atoms with Gasteiger partial charge in [0, 0.05) is 5.69 Å². The van der Waals surface area contributed by atoms with E-state index in [1.807, 2.05) is 13.0 Å². The second-order valence-electron chi connectivity index (χ2n) is 5.26. The fourth-order valence-corrected chi connectivity index (χ4v) is 2.84. The van der Waals surface area contributed by atoms with Crippen LogP contribution in [0.5, 0.6) is 11.5 Å². The number of aryl methyl sites for hydroxylation is 1. The predicted molar refractivity (Wildman–Crippen MR) is 82.1 cm³/mol. The highest BCUT2D eigenvalue weighted by Gasteiger charge is 2.23. The van der Waals surface area contributed by atoms with Gasteiger partial charge in [0.05, 0.1) is 19.1 Å². The van der Waals surface area contributed by atoms with E-state index in [0.717, 1.165) is 16.8 Å². The molecule has 3 rings (SSSR count). The minimum atomic E-state index is -2.93. The molecule has 0 bridgehead atoms. The summed E-state index contributed by atoms with van der Waals surface area (Å²) in [5, 5.41) is 2.80. The number of halogens is 2. The summed E-state index contributed by atoms with van der Waals surface area (Å²) in [6.45, 7) is -1.07. The largest absolute Gasteiger partial charge is 0.496 e. The first-order chi connectivity index (χ1) is 11.0. The number of amides is 1. The first-order valence-electron chi connectivity index (χ1n) is 7.05. The number of methoxy groups -OCH3 is 1. The van der Waals surface area contributed by atoms with Gasteiger partial charge in [0.1, 0.15) is 11.5 Å². The van der Waals surface area contributed by atoms with E-state index in [0.29, 0.717) is 16.9 Å². The van der Waals surface area contributed by atoms with Gasteiger partial charge in [0.2, 0.25) is 5.91 Å². The smallest absolute Gasteiger partial charge is 0.387 e. The van der Waals surface area contributed by atoms with Gasteiger partial charge >= 0.3 is 6.61 Å². The van der Waals surface area contributed by atoms with Crippen molar-refractivity contribution >= 4 is 11.6 Å². The van der Waals surface area contributed by atoms with Crippen molar-refractivity contribution in [1.82, 2.24) is 0 Å². The molecule has 1 aliphatic rings. The summed E-state index contributed by atoms with van der Waals surface area (Å²) in [5.41, 5.74) is 3.59. The predicted octanol–water partition coefficient (Wildman–Crippen LogP) is 3.77. The molecule has 23 heavy (non-hydrogen) atoms. The fourth-order valence-electron chi connectivity index (χ4n) is 2.84. The molecule has 0 unspecified atom stereocenters. The van der Waals surface area contributed by atoms with Crippen LogP contribution in [0.3, 0.4) is 0 Å². The molecule has 0 saturated heterocycles. The van der Waals surface area contributed by atoms with Crippen LogP contribution in [-0.2, 0) is 11.2 Å². The summed E-state index contributed by atoms with van der Waals surface area (Å²) in [6, 6.07) is 8.36. The molecular formula is C17H15F2NO3. The monoisotopic (exact) mass is 319 g/mol. The minimum absolute atomic E-state index is 0.0379. The Morgan fingerprint density at radius 1 is 1.22 bits per heavy atom. The molecule has 2 aromatic carbocycles. The van der Waals surface area contributed by atoms with Crippen molar-refractivity contribution in [3.8, 4) is 22.6 Å². The van der Waals surface area contributed by atoms with Crippen LogP contribution in [0.4, 0.5) is 14.5 Å². The van der Waals surface area contributed by atoms with Gasteiger partial charge in [-0.2, -0.15) is 8.78 Å². The number of ether oxygens (including phenoxy) is 2. The van der Waals surface area contributed by atoms with Gasteiger partial charge < -0.3 is 14.8 Å². The molecule has 1 aliphatic heterocycles. The zero-order valence-corrected chi connectivity index (χ0v) is 12.7. The lowest BCUT2D eigenvalue weighted by atomic mass is 9.97. The average Bonchev–Trinajstić information content (AvgIpc) is 2.87. The average molecular weight is 319 g/mol. The van der Waals surface area contributed by atoms with Crippen LogP contribution in [0.1, 0.15) is 11.1 Å². The Morgan fingerprint density at radius 2 is 1.96 bits per heavy atom. The number of hydrogen-bond donors (Lipinski definition) is 1. The van der Waals surface area contributed by atoms with Crippen molar-refractivity contribution in [2.45, 2.75) is 20.0 Å². The van der Waals surface area contributed by atoms with Crippen molar-refractivity contribution in [3.63, 3.8) is 0 Å². The minimum Gasteiger partial charge on any atom is -0.496 e. The topological polar surface area (TPSA) is 47.6 Å². The molecule has 0 spiro atoms. The number of rotatable bonds is 4. The number of hydrogen-bond acceptors (Lipinski definition) is 3. The molecule has 4 nitrogen and oxygen atoms in total. The molecule has 0 fully saturated rings. The van der Waals surface area contributed by atoms with E-state index in [-0.39, 0.29) is 18.1 Å². The van der Waals surface area contributed by atoms with E-state index >= 15 is 0 Å². The third-order valence-corrected chi connectivity index (χ3v) is 3.75. The highest BCUT2D eigenvalue weighted by molar-refractivity contribution is 6.01. The Balaban J connectivity index is 2.17. The lowest BCUT2D eigenvalue weighted by molar-refractivity contribution is -0.115. The van der Waals surface area contributed by atoms with E-state index in [2.05, 4.69) is 10.1 Å². The number of carbonyl (C=O) groups is 1. The van der Waals surface area contributed by atoms with Crippen LogP contribution in [-0.4, -0.2) is 19.6 Å². The summed E-state index contributed by atoms with van der Waals surface area (Å²) in [4.78, 5) is 11.6. The van der Waals surface area contributed by atoms with E-state index < -0.39 is 6.61 Å². The highest BCUT2D eigenvalue weighted by atomic mass is 19.3. The van der Waals surface area contributed by atoms with E-state index in [4.69, 9.17) is 4.74 Å². The maximum atomic E-state index is 12.7. The van der Waals surface area contributed by atoms with Crippen LogP contribution in [0.15, 0.2) is 30.3 Å². The fraction of sp³-hybridized carbons (Fsp3) is 0.235. The van der Waals surface area contributed by atoms with Crippen LogP contribution >= 0.6 is 0 Å².